The quantitative estimate of drug-likeness (QED) is 0.395. The minimum atomic E-state index is -1.08. The number of halogens is 2. The van der Waals surface area contributed by atoms with E-state index in [-0.39, 0.29) is 24.0 Å². The van der Waals surface area contributed by atoms with Crippen LogP contribution < -0.4 is 0 Å². The fourth-order valence-corrected chi connectivity index (χ4v) is 3.89. The van der Waals surface area contributed by atoms with Gasteiger partial charge >= 0.3 is 0 Å². The molecule has 0 radical (unpaired) electrons. The van der Waals surface area contributed by atoms with Gasteiger partial charge < -0.3 is 24.1 Å². The minimum absolute atomic E-state index is 0.0845. The van der Waals surface area contributed by atoms with E-state index in [1.807, 2.05) is 6.92 Å². The smallest absolute Gasteiger partial charge is 0.217 e. The highest BCUT2D eigenvalue weighted by Crippen LogP contribution is 2.38. The number of rotatable bonds is 5. The van der Waals surface area contributed by atoms with E-state index >= 15 is 0 Å². The van der Waals surface area contributed by atoms with Gasteiger partial charge in [-0.3, -0.25) is 5.41 Å². The Kier molecular flexibility index (Phi) is 8.23. The first-order chi connectivity index (χ1) is 12.6. The summed E-state index contributed by atoms with van der Waals surface area (Å²) in [6, 6.07) is 0. The van der Waals surface area contributed by atoms with Crippen LogP contribution in [0.2, 0.25) is 0 Å². The second kappa shape index (κ2) is 9.59. The highest BCUT2D eigenvalue weighted by Gasteiger charge is 2.48. The maximum absolute atomic E-state index is 10.9. The fourth-order valence-electron chi connectivity index (χ4n) is 3.79. The van der Waals surface area contributed by atoms with E-state index in [4.69, 9.17) is 47.6 Å². The van der Waals surface area contributed by atoms with Gasteiger partial charge in [-0.2, -0.15) is 0 Å². The molecule has 0 aromatic heterocycles. The molecule has 2 aliphatic heterocycles. The molecule has 6 nitrogen and oxygen atoms in total. The van der Waals surface area contributed by atoms with Gasteiger partial charge in [0.25, 0.3) is 0 Å². The summed E-state index contributed by atoms with van der Waals surface area (Å²) in [6.45, 7) is 12.3. The zero-order chi connectivity index (χ0) is 20.5. The molecule has 0 aromatic rings. The summed E-state index contributed by atoms with van der Waals surface area (Å²) in [5, 5.41) is 18.6. The Balaban J connectivity index is 2.09. The van der Waals surface area contributed by atoms with Gasteiger partial charge in [-0.05, 0) is 25.2 Å². The fraction of sp³-hybridized carbons (Fsp3) is 0.947. The summed E-state index contributed by atoms with van der Waals surface area (Å²) in [5.74, 6) is 0.372. The lowest BCUT2D eigenvalue weighted by Crippen LogP contribution is -2.58. The van der Waals surface area contributed by atoms with Crippen LogP contribution in [0.3, 0.4) is 0 Å². The average molecular weight is 426 g/mol. The van der Waals surface area contributed by atoms with E-state index in [0.717, 1.165) is 0 Å². The third-order valence-corrected chi connectivity index (χ3v) is 6.69. The molecular weight excluding hydrogens is 393 g/mol. The van der Waals surface area contributed by atoms with Crippen molar-refractivity contribution in [3.8, 4) is 0 Å². The van der Waals surface area contributed by atoms with Crippen molar-refractivity contribution in [3.05, 3.63) is 0 Å². The molecule has 2 heterocycles. The number of hydrogen-bond donors (Lipinski definition) is 2. The van der Waals surface area contributed by atoms with Crippen LogP contribution in [0.15, 0.2) is 0 Å². The topological polar surface area (TPSA) is 81.0 Å². The summed E-state index contributed by atoms with van der Waals surface area (Å²) < 4.78 is 23.8. The molecule has 2 rings (SSSR count). The van der Waals surface area contributed by atoms with Gasteiger partial charge in [0.05, 0.1) is 18.3 Å². The molecular formula is C19H33Cl2NO5. The number of aliphatic hydroxyl groups excluding tert-OH is 1. The zero-order valence-electron chi connectivity index (χ0n) is 16.9. The molecule has 5 unspecified atom stereocenters. The van der Waals surface area contributed by atoms with Crippen molar-refractivity contribution in [3.63, 3.8) is 0 Å². The second-order valence-corrected chi connectivity index (χ2v) is 9.07. The Morgan fingerprint density at radius 3 is 2.19 bits per heavy atom. The molecule has 10 atom stereocenters. The molecule has 27 heavy (non-hydrogen) atoms. The van der Waals surface area contributed by atoms with Crippen LogP contribution in [-0.4, -0.2) is 52.8 Å². The van der Waals surface area contributed by atoms with Gasteiger partial charge in [-0.25, -0.2) is 0 Å². The van der Waals surface area contributed by atoms with Gasteiger partial charge in [-0.1, -0.05) is 57.8 Å². The van der Waals surface area contributed by atoms with Crippen LogP contribution >= 0.6 is 23.2 Å². The van der Waals surface area contributed by atoms with Crippen molar-refractivity contribution in [1.29, 1.82) is 5.41 Å². The highest BCUT2D eigenvalue weighted by molar-refractivity contribution is 6.53. The average Bonchev–Trinajstić information content (AvgIpc) is 2.63. The van der Waals surface area contributed by atoms with Crippen LogP contribution in [-0.2, 0) is 18.9 Å². The summed E-state index contributed by atoms with van der Waals surface area (Å²) in [5.41, 5.74) is 0. The molecule has 2 fully saturated rings. The summed E-state index contributed by atoms with van der Waals surface area (Å²) in [4.78, 5) is -1.08. The monoisotopic (exact) mass is 425 g/mol. The Morgan fingerprint density at radius 1 is 1.00 bits per heavy atom. The summed E-state index contributed by atoms with van der Waals surface area (Å²) in [6.07, 6.45) is -2.26. The van der Waals surface area contributed by atoms with Crippen LogP contribution in [0.4, 0.5) is 0 Å². The maximum Gasteiger partial charge on any atom is 0.217 e. The number of alkyl halides is 2. The maximum atomic E-state index is 10.9. The molecule has 158 valence electrons. The number of hydrogen-bond acceptors (Lipinski definition) is 6. The van der Waals surface area contributed by atoms with Crippen molar-refractivity contribution < 1.29 is 24.1 Å². The predicted octanol–water partition coefficient (Wildman–Crippen LogP) is 3.95. The first kappa shape index (κ1) is 23.2. The first-order valence-corrected chi connectivity index (χ1v) is 10.6. The van der Waals surface area contributed by atoms with Crippen LogP contribution in [0.1, 0.15) is 48.0 Å². The molecule has 0 spiro atoms. The number of nitrogens with one attached hydrogen (secondary N) is 1. The largest absolute Gasteiger partial charge is 0.449 e. The Bertz CT molecular complexity index is 506. The SMILES string of the molecule is CCC1OC(OC(=N)C(Cl)Cl)C(C)[C@@H](O)[C@H]1O[C@H]1O[C@H](C)[C@@H](C)C(C)C1C. The summed E-state index contributed by atoms with van der Waals surface area (Å²) in [7, 11) is 0. The van der Waals surface area contributed by atoms with E-state index in [2.05, 4.69) is 27.7 Å². The Hall–Kier alpha value is -0.110. The lowest BCUT2D eigenvalue weighted by Gasteiger charge is -2.47. The van der Waals surface area contributed by atoms with E-state index in [9.17, 15) is 5.11 Å². The van der Waals surface area contributed by atoms with E-state index in [1.165, 1.54) is 0 Å². The van der Waals surface area contributed by atoms with Crippen LogP contribution in [0, 0.1) is 29.1 Å². The van der Waals surface area contributed by atoms with Crippen molar-refractivity contribution in [2.45, 2.75) is 89.8 Å². The molecule has 2 aliphatic rings. The van der Waals surface area contributed by atoms with Crippen molar-refractivity contribution in [2.24, 2.45) is 23.7 Å². The first-order valence-electron chi connectivity index (χ1n) is 9.76. The van der Waals surface area contributed by atoms with Crippen LogP contribution in [0.5, 0.6) is 0 Å². The normalized spacial score (nSPS) is 45.7. The minimum Gasteiger partial charge on any atom is -0.449 e. The third kappa shape index (κ3) is 5.09. The lowest BCUT2D eigenvalue weighted by molar-refractivity contribution is -0.323. The Morgan fingerprint density at radius 2 is 1.63 bits per heavy atom. The van der Waals surface area contributed by atoms with Gasteiger partial charge in [-0.15, -0.1) is 0 Å². The summed E-state index contributed by atoms with van der Waals surface area (Å²) >= 11 is 11.3. The molecule has 2 N–H and O–H groups in total. The molecule has 0 aliphatic carbocycles. The second-order valence-electron chi connectivity index (χ2n) is 7.97. The molecule has 0 saturated carbocycles. The lowest BCUT2D eigenvalue weighted by atomic mass is 9.79. The van der Waals surface area contributed by atoms with Gasteiger partial charge in [0, 0.05) is 11.8 Å². The zero-order valence-corrected chi connectivity index (χ0v) is 18.4. The van der Waals surface area contributed by atoms with Gasteiger partial charge in [0.2, 0.25) is 12.2 Å². The third-order valence-electron chi connectivity index (χ3n) is 6.29. The molecule has 0 amide bonds. The van der Waals surface area contributed by atoms with Gasteiger partial charge in [0.1, 0.15) is 6.10 Å². The molecule has 0 aromatic carbocycles. The van der Waals surface area contributed by atoms with Crippen molar-refractivity contribution in [2.75, 3.05) is 0 Å². The molecule has 8 heteroatoms. The van der Waals surface area contributed by atoms with E-state index in [0.29, 0.717) is 18.3 Å². The highest BCUT2D eigenvalue weighted by atomic mass is 35.5. The van der Waals surface area contributed by atoms with Crippen LogP contribution in [0.25, 0.3) is 0 Å². The Labute approximate surface area is 172 Å². The van der Waals surface area contributed by atoms with Crippen molar-refractivity contribution >= 4 is 29.1 Å². The molecule has 2 saturated heterocycles. The molecule has 0 bridgehead atoms. The predicted molar refractivity (Wildman–Crippen MR) is 105 cm³/mol. The van der Waals surface area contributed by atoms with E-state index < -0.39 is 35.5 Å². The van der Waals surface area contributed by atoms with Gasteiger partial charge in [0.15, 0.2) is 11.1 Å². The van der Waals surface area contributed by atoms with E-state index in [1.54, 1.807) is 6.92 Å². The standard InChI is InChI=1S/C19H33Cl2NO5/c1-7-13-15(26-18-10(4)8(2)9(3)12(6)24-18)14(23)11(5)19(25-13)27-17(22)16(20)21/h8-16,18-19,22-23H,7H2,1-6H3/t8?,9-,10?,11?,12+,13?,14+,15-,18+,19?/m0/s1. The number of aliphatic hydroxyl groups is 1. The van der Waals surface area contributed by atoms with Crippen molar-refractivity contribution in [1.82, 2.24) is 0 Å². The number of ether oxygens (including phenoxy) is 4.